The Labute approximate surface area is 120 Å². The average Bonchev–Trinajstić information content (AvgIpc) is 2.81. The number of nitrogens with zero attached hydrogens (tertiary/aromatic N) is 7. The average molecular weight is 297 g/mol. The second-order valence-electron chi connectivity index (χ2n) is 4.78. The monoisotopic (exact) mass is 297 g/mol. The molecule has 21 heavy (non-hydrogen) atoms. The van der Waals surface area contributed by atoms with Gasteiger partial charge >= 0.3 is 5.69 Å². The SMILES string of the molecule is CCn1ncc([N+](=O)[O-])c1N1CC[C@@H](F)[C@H](N=[N+]=[N-])CC1. The molecule has 10 heteroatoms. The van der Waals surface area contributed by atoms with E-state index < -0.39 is 17.1 Å². The van der Waals surface area contributed by atoms with Gasteiger partial charge in [-0.05, 0) is 25.3 Å². The molecule has 0 aromatic carbocycles. The van der Waals surface area contributed by atoms with Crippen molar-refractivity contribution in [3.05, 3.63) is 26.8 Å². The molecule has 1 aliphatic rings. The van der Waals surface area contributed by atoms with Crippen molar-refractivity contribution >= 4 is 11.5 Å². The molecule has 1 aromatic rings. The summed E-state index contributed by atoms with van der Waals surface area (Å²) in [5, 5.41) is 18.6. The third kappa shape index (κ3) is 3.05. The highest BCUT2D eigenvalue weighted by Gasteiger charge is 2.31. The summed E-state index contributed by atoms with van der Waals surface area (Å²) in [5.74, 6) is 0.385. The molecule has 0 radical (unpaired) electrons. The van der Waals surface area contributed by atoms with Crippen LogP contribution in [-0.4, -0.2) is 40.0 Å². The zero-order valence-corrected chi connectivity index (χ0v) is 11.6. The maximum absolute atomic E-state index is 13.9. The first-order chi connectivity index (χ1) is 10.1. The summed E-state index contributed by atoms with van der Waals surface area (Å²) < 4.78 is 15.4. The van der Waals surface area contributed by atoms with Crippen molar-refractivity contribution in [1.82, 2.24) is 9.78 Å². The molecular weight excluding hydrogens is 281 g/mol. The van der Waals surface area contributed by atoms with E-state index in [0.29, 0.717) is 31.9 Å². The molecule has 9 nitrogen and oxygen atoms in total. The predicted molar refractivity (Wildman–Crippen MR) is 73.8 cm³/mol. The lowest BCUT2D eigenvalue weighted by molar-refractivity contribution is -0.384. The Balaban J connectivity index is 2.28. The molecule has 2 heterocycles. The minimum Gasteiger partial charge on any atom is -0.351 e. The van der Waals surface area contributed by atoms with Gasteiger partial charge in [-0.3, -0.25) is 10.1 Å². The van der Waals surface area contributed by atoms with Gasteiger partial charge in [0.05, 0.1) is 11.0 Å². The van der Waals surface area contributed by atoms with E-state index in [1.807, 2.05) is 6.92 Å². The van der Waals surface area contributed by atoms with Gasteiger partial charge in [0.2, 0.25) is 5.82 Å². The largest absolute Gasteiger partial charge is 0.351 e. The minimum atomic E-state index is -1.23. The van der Waals surface area contributed by atoms with Crippen LogP contribution in [0.4, 0.5) is 15.9 Å². The fourth-order valence-corrected chi connectivity index (χ4v) is 2.51. The van der Waals surface area contributed by atoms with Crippen molar-refractivity contribution in [2.75, 3.05) is 18.0 Å². The van der Waals surface area contributed by atoms with Crippen LogP contribution in [-0.2, 0) is 6.54 Å². The standard InChI is InChI=1S/C11H16FN7O2/c1-2-18-11(10(7-14-18)19(20)21)17-5-3-8(12)9(4-6-17)15-16-13/h7-9H,2-6H2,1H3/t8-,9-/m1/s1. The van der Waals surface area contributed by atoms with E-state index in [1.54, 1.807) is 4.90 Å². The van der Waals surface area contributed by atoms with Crippen LogP contribution in [0.2, 0.25) is 0 Å². The topological polar surface area (TPSA) is 113 Å². The van der Waals surface area contributed by atoms with Crippen LogP contribution in [0.15, 0.2) is 11.3 Å². The minimum absolute atomic E-state index is 0.0884. The lowest BCUT2D eigenvalue weighted by Crippen LogP contribution is -2.27. The van der Waals surface area contributed by atoms with Crippen molar-refractivity contribution in [1.29, 1.82) is 0 Å². The number of anilines is 1. The normalized spacial score (nSPS) is 22.5. The molecule has 1 aliphatic heterocycles. The third-order valence-corrected chi connectivity index (χ3v) is 3.58. The van der Waals surface area contributed by atoms with E-state index >= 15 is 0 Å². The number of halogens is 1. The lowest BCUT2D eigenvalue weighted by atomic mass is 10.1. The predicted octanol–water partition coefficient (Wildman–Crippen LogP) is 2.43. The van der Waals surface area contributed by atoms with Crippen LogP contribution in [0, 0.1) is 10.1 Å². The molecular formula is C11H16FN7O2. The Morgan fingerprint density at radius 1 is 1.62 bits per heavy atom. The molecule has 0 unspecified atom stereocenters. The number of hydrogen-bond acceptors (Lipinski definition) is 5. The van der Waals surface area contributed by atoms with Gasteiger partial charge in [0, 0.05) is 24.5 Å². The van der Waals surface area contributed by atoms with Crippen molar-refractivity contribution in [3.8, 4) is 0 Å². The van der Waals surface area contributed by atoms with Crippen molar-refractivity contribution in [2.24, 2.45) is 5.11 Å². The number of aromatic nitrogens is 2. The van der Waals surface area contributed by atoms with Crippen molar-refractivity contribution in [2.45, 2.75) is 38.5 Å². The first-order valence-corrected chi connectivity index (χ1v) is 6.71. The molecule has 0 saturated carbocycles. The summed E-state index contributed by atoms with van der Waals surface area (Å²) in [6.45, 7) is 3.03. The molecule has 0 N–H and O–H groups in total. The van der Waals surface area contributed by atoms with Gasteiger partial charge in [-0.1, -0.05) is 5.11 Å². The molecule has 2 rings (SSSR count). The van der Waals surface area contributed by atoms with Gasteiger partial charge in [-0.15, -0.1) is 0 Å². The zero-order valence-electron chi connectivity index (χ0n) is 11.6. The van der Waals surface area contributed by atoms with Gasteiger partial charge in [0.15, 0.2) is 0 Å². The lowest BCUT2D eigenvalue weighted by Gasteiger charge is -2.22. The third-order valence-electron chi connectivity index (χ3n) is 3.58. The van der Waals surface area contributed by atoms with Crippen LogP contribution in [0.5, 0.6) is 0 Å². The van der Waals surface area contributed by atoms with Crippen LogP contribution in [0.25, 0.3) is 10.4 Å². The molecule has 0 bridgehead atoms. The first-order valence-electron chi connectivity index (χ1n) is 6.71. The fraction of sp³-hybridized carbons (Fsp3) is 0.727. The Morgan fingerprint density at radius 3 is 2.95 bits per heavy atom. The van der Waals surface area contributed by atoms with Gasteiger partial charge in [-0.2, -0.15) is 5.10 Å². The summed E-state index contributed by atoms with van der Waals surface area (Å²) in [4.78, 5) is 15.0. The van der Waals surface area contributed by atoms with Crippen LogP contribution in [0.1, 0.15) is 19.8 Å². The number of nitro groups is 1. The molecule has 0 aliphatic carbocycles. The number of hydrogen-bond donors (Lipinski definition) is 0. The highest BCUT2D eigenvalue weighted by Crippen LogP contribution is 2.30. The highest BCUT2D eigenvalue weighted by molar-refractivity contribution is 5.57. The molecule has 2 atom stereocenters. The molecule has 0 amide bonds. The molecule has 0 spiro atoms. The molecule has 1 saturated heterocycles. The van der Waals surface area contributed by atoms with E-state index in [0.717, 1.165) is 0 Å². The quantitative estimate of drug-likeness (QED) is 0.279. The molecule has 1 aromatic heterocycles. The summed E-state index contributed by atoms with van der Waals surface area (Å²) in [6, 6.07) is -0.725. The molecule has 114 valence electrons. The highest BCUT2D eigenvalue weighted by atomic mass is 19.1. The van der Waals surface area contributed by atoms with Gasteiger partial charge in [-0.25, -0.2) is 9.07 Å². The van der Waals surface area contributed by atoms with E-state index in [2.05, 4.69) is 15.1 Å². The van der Waals surface area contributed by atoms with Gasteiger partial charge in [0.25, 0.3) is 0 Å². The van der Waals surface area contributed by atoms with Crippen molar-refractivity contribution in [3.63, 3.8) is 0 Å². The Bertz CT molecular complexity index is 569. The van der Waals surface area contributed by atoms with E-state index in [9.17, 15) is 14.5 Å². The van der Waals surface area contributed by atoms with E-state index in [1.165, 1.54) is 10.9 Å². The number of aryl methyl sites for hydroxylation is 1. The second-order valence-corrected chi connectivity index (χ2v) is 4.78. The van der Waals surface area contributed by atoms with Crippen LogP contribution >= 0.6 is 0 Å². The van der Waals surface area contributed by atoms with Gasteiger partial charge < -0.3 is 4.90 Å². The Kier molecular flexibility index (Phi) is 4.59. The number of alkyl halides is 1. The number of rotatable bonds is 4. The zero-order chi connectivity index (χ0) is 15.4. The van der Waals surface area contributed by atoms with Gasteiger partial charge in [0.1, 0.15) is 12.4 Å². The summed E-state index contributed by atoms with van der Waals surface area (Å²) in [7, 11) is 0. The summed E-state index contributed by atoms with van der Waals surface area (Å²) in [5.41, 5.74) is 8.36. The second kappa shape index (κ2) is 6.40. The fourth-order valence-electron chi connectivity index (χ4n) is 2.51. The Hall–Kier alpha value is -2.35. The smallest absolute Gasteiger partial charge is 0.331 e. The molecule has 1 fully saturated rings. The Morgan fingerprint density at radius 2 is 2.33 bits per heavy atom. The maximum Gasteiger partial charge on any atom is 0.331 e. The summed E-state index contributed by atoms with van der Waals surface area (Å²) >= 11 is 0. The van der Waals surface area contributed by atoms with Crippen molar-refractivity contribution < 1.29 is 9.31 Å². The summed E-state index contributed by atoms with van der Waals surface area (Å²) in [6.07, 6.45) is 0.456. The van der Waals surface area contributed by atoms with E-state index in [4.69, 9.17) is 5.53 Å². The van der Waals surface area contributed by atoms with E-state index in [-0.39, 0.29) is 12.1 Å². The maximum atomic E-state index is 13.9. The van der Waals surface area contributed by atoms with Crippen LogP contribution < -0.4 is 4.90 Å². The van der Waals surface area contributed by atoms with Crippen LogP contribution in [0.3, 0.4) is 0 Å². The number of azide groups is 1. The first kappa shape index (κ1) is 15.0.